The largest absolute Gasteiger partial charge is 0.478 e. The van der Waals surface area contributed by atoms with E-state index in [1.807, 2.05) is 16.2 Å². The van der Waals surface area contributed by atoms with Gasteiger partial charge in [-0.2, -0.15) is 0 Å². The number of hydrogen-bond donors (Lipinski definition) is 1. The first-order valence-corrected chi connectivity index (χ1v) is 6.16. The number of rotatable bonds is 4. The van der Waals surface area contributed by atoms with Crippen molar-refractivity contribution in [3.63, 3.8) is 0 Å². The molecule has 0 aliphatic rings. The Kier molecular flexibility index (Phi) is 2.94. The minimum absolute atomic E-state index is 0.262. The number of aryl methyl sites for hydroxylation is 3. The molecule has 7 heteroatoms. The van der Waals surface area contributed by atoms with Crippen molar-refractivity contribution in [2.75, 3.05) is 0 Å². The Morgan fingerprint density at radius 3 is 2.90 bits per heavy atom. The van der Waals surface area contributed by atoms with Gasteiger partial charge in [0.2, 0.25) is 0 Å². The molecule has 0 aliphatic carbocycles. The lowest BCUT2D eigenvalue weighted by atomic mass is 10.2. The maximum atomic E-state index is 11.0. The maximum Gasteiger partial charge on any atom is 0.335 e. The molecule has 102 valence electrons. The van der Waals surface area contributed by atoms with Gasteiger partial charge in [0.25, 0.3) is 0 Å². The standard InChI is InChI=1S/C13H13N5O2/c1-17-8-15-16-12(17)4-5-18-7-14-10-3-2-9(13(19)20)6-11(10)18/h2-3,6-8H,4-5H2,1H3,(H,19,20). The number of fused-ring (bicyclic) bond motifs is 1. The second-order valence-electron chi connectivity index (χ2n) is 4.55. The zero-order valence-electron chi connectivity index (χ0n) is 10.9. The van der Waals surface area contributed by atoms with Gasteiger partial charge in [0.1, 0.15) is 12.2 Å². The molecular formula is C13H13N5O2. The van der Waals surface area contributed by atoms with Crippen molar-refractivity contribution in [1.29, 1.82) is 0 Å². The predicted molar refractivity (Wildman–Crippen MR) is 71.4 cm³/mol. The van der Waals surface area contributed by atoms with Crippen LogP contribution in [0.1, 0.15) is 16.2 Å². The van der Waals surface area contributed by atoms with Crippen LogP contribution < -0.4 is 0 Å². The van der Waals surface area contributed by atoms with Gasteiger partial charge in [0, 0.05) is 20.0 Å². The predicted octanol–water partition coefficient (Wildman–Crippen LogP) is 1.11. The van der Waals surface area contributed by atoms with Crippen LogP contribution in [0.4, 0.5) is 0 Å². The third-order valence-electron chi connectivity index (χ3n) is 3.25. The number of carboxylic acid groups (broad SMARTS) is 1. The molecule has 0 saturated carbocycles. The number of hydrogen-bond acceptors (Lipinski definition) is 4. The highest BCUT2D eigenvalue weighted by Gasteiger charge is 2.09. The summed E-state index contributed by atoms with van der Waals surface area (Å²) in [5, 5.41) is 16.9. The lowest BCUT2D eigenvalue weighted by Gasteiger charge is -2.04. The van der Waals surface area contributed by atoms with Crippen LogP contribution in [-0.2, 0) is 20.0 Å². The van der Waals surface area contributed by atoms with E-state index >= 15 is 0 Å². The molecule has 0 spiro atoms. The van der Waals surface area contributed by atoms with Crippen molar-refractivity contribution >= 4 is 17.0 Å². The lowest BCUT2D eigenvalue weighted by Crippen LogP contribution is -2.05. The number of nitrogens with zero attached hydrogens (tertiary/aromatic N) is 5. The fraction of sp³-hybridized carbons (Fsp3) is 0.231. The number of carbonyl (C=O) groups is 1. The minimum Gasteiger partial charge on any atom is -0.478 e. The molecule has 0 fully saturated rings. The summed E-state index contributed by atoms with van der Waals surface area (Å²) < 4.78 is 3.79. The number of aromatic carboxylic acids is 1. The number of imidazole rings is 1. The van der Waals surface area contributed by atoms with Gasteiger partial charge in [-0.25, -0.2) is 9.78 Å². The molecule has 3 aromatic rings. The van der Waals surface area contributed by atoms with Crippen molar-refractivity contribution < 1.29 is 9.90 Å². The second kappa shape index (κ2) is 4.76. The first-order valence-electron chi connectivity index (χ1n) is 6.16. The minimum atomic E-state index is -0.937. The Bertz CT molecular complexity index is 774. The van der Waals surface area contributed by atoms with Crippen molar-refractivity contribution in [2.24, 2.45) is 7.05 Å². The van der Waals surface area contributed by atoms with Gasteiger partial charge in [0.15, 0.2) is 0 Å². The van der Waals surface area contributed by atoms with Crippen LogP contribution in [0.25, 0.3) is 11.0 Å². The molecule has 0 radical (unpaired) electrons. The van der Waals surface area contributed by atoms with Crippen LogP contribution in [0.15, 0.2) is 30.9 Å². The number of carboxylic acids is 1. The maximum absolute atomic E-state index is 11.0. The Balaban J connectivity index is 1.89. The van der Waals surface area contributed by atoms with E-state index in [1.165, 1.54) is 0 Å². The first-order chi connectivity index (χ1) is 9.65. The van der Waals surface area contributed by atoms with E-state index in [-0.39, 0.29) is 5.56 Å². The van der Waals surface area contributed by atoms with E-state index in [2.05, 4.69) is 15.2 Å². The van der Waals surface area contributed by atoms with Crippen LogP contribution in [-0.4, -0.2) is 35.4 Å². The molecule has 0 atom stereocenters. The Hall–Kier alpha value is -2.70. The summed E-state index contributed by atoms with van der Waals surface area (Å²) in [6, 6.07) is 4.92. The summed E-state index contributed by atoms with van der Waals surface area (Å²) in [5.41, 5.74) is 1.86. The Morgan fingerprint density at radius 2 is 2.20 bits per heavy atom. The van der Waals surface area contributed by atoms with Crippen LogP contribution in [0.5, 0.6) is 0 Å². The highest BCUT2D eigenvalue weighted by atomic mass is 16.4. The van der Waals surface area contributed by atoms with E-state index in [9.17, 15) is 4.79 Å². The molecule has 20 heavy (non-hydrogen) atoms. The third-order valence-corrected chi connectivity index (χ3v) is 3.25. The molecule has 0 saturated heterocycles. The lowest BCUT2D eigenvalue weighted by molar-refractivity contribution is 0.0697. The van der Waals surface area contributed by atoms with E-state index < -0.39 is 5.97 Å². The fourth-order valence-corrected chi connectivity index (χ4v) is 2.12. The quantitative estimate of drug-likeness (QED) is 0.768. The normalized spacial score (nSPS) is 11.1. The average Bonchev–Trinajstić information content (AvgIpc) is 3.02. The Labute approximate surface area is 114 Å². The van der Waals surface area contributed by atoms with Gasteiger partial charge in [0.05, 0.1) is 22.9 Å². The summed E-state index contributed by atoms with van der Waals surface area (Å²) in [4.78, 5) is 15.3. The number of benzene rings is 1. The molecule has 0 amide bonds. The van der Waals surface area contributed by atoms with Gasteiger partial charge in [-0.1, -0.05) is 0 Å². The summed E-state index contributed by atoms with van der Waals surface area (Å²) in [5.74, 6) is -0.0609. The van der Waals surface area contributed by atoms with E-state index in [0.717, 1.165) is 16.9 Å². The zero-order chi connectivity index (χ0) is 14.1. The third kappa shape index (κ3) is 2.13. The highest BCUT2D eigenvalue weighted by molar-refractivity contribution is 5.92. The molecule has 0 aliphatic heterocycles. The molecule has 0 unspecified atom stereocenters. The van der Waals surface area contributed by atoms with E-state index in [0.29, 0.717) is 13.0 Å². The summed E-state index contributed by atoms with van der Waals surface area (Å²) in [7, 11) is 1.89. The first kappa shape index (κ1) is 12.3. The van der Waals surface area contributed by atoms with Gasteiger partial charge >= 0.3 is 5.97 Å². The zero-order valence-corrected chi connectivity index (χ0v) is 10.9. The molecule has 3 rings (SSSR count). The van der Waals surface area contributed by atoms with Gasteiger partial charge in [-0.15, -0.1) is 10.2 Å². The molecule has 0 bridgehead atoms. The molecule has 1 N–H and O–H groups in total. The van der Waals surface area contributed by atoms with Gasteiger partial charge in [-0.3, -0.25) is 0 Å². The molecule has 2 aromatic heterocycles. The topological polar surface area (TPSA) is 85.8 Å². The molecule has 7 nitrogen and oxygen atoms in total. The van der Waals surface area contributed by atoms with E-state index in [1.54, 1.807) is 30.9 Å². The van der Waals surface area contributed by atoms with Crippen molar-refractivity contribution in [3.8, 4) is 0 Å². The summed E-state index contributed by atoms with van der Waals surface area (Å²) >= 11 is 0. The molecule has 2 heterocycles. The number of aromatic nitrogens is 5. The van der Waals surface area contributed by atoms with Gasteiger partial charge < -0.3 is 14.2 Å². The SMILES string of the molecule is Cn1cnnc1CCn1cnc2ccc(C(=O)O)cc21. The smallest absolute Gasteiger partial charge is 0.335 e. The van der Waals surface area contributed by atoms with Crippen LogP contribution in [0.2, 0.25) is 0 Å². The second-order valence-corrected chi connectivity index (χ2v) is 4.55. The van der Waals surface area contributed by atoms with Crippen LogP contribution >= 0.6 is 0 Å². The van der Waals surface area contributed by atoms with Crippen molar-refractivity contribution in [3.05, 3.63) is 42.2 Å². The fourth-order valence-electron chi connectivity index (χ4n) is 2.12. The van der Waals surface area contributed by atoms with Crippen molar-refractivity contribution in [2.45, 2.75) is 13.0 Å². The summed E-state index contributed by atoms with van der Waals surface area (Å²) in [6.45, 7) is 0.673. The monoisotopic (exact) mass is 271 g/mol. The average molecular weight is 271 g/mol. The highest BCUT2D eigenvalue weighted by Crippen LogP contribution is 2.15. The van der Waals surface area contributed by atoms with Crippen LogP contribution in [0, 0.1) is 0 Å². The van der Waals surface area contributed by atoms with E-state index in [4.69, 9.17) is 5.11 Å². The Morgan fingerprint density at radius 1 is 1.35 bits per heavy atom. The van der Waals surface area contributed by atoms with Crippen LogP contribution in [0.3, 0.4) is 0 Å². The van der Waals surface area contributed by atoms with Crippen molar-refractivity contribution in [1.82, 2.24) is 24.3 Å². The molecular weight excluding hydrogens is 258 g/mol. The van der Waals surface area contributed by atoms with Gasteiger partial charge in [-0.05, 0) is 18.2 Å². The summed E-state index contributed by atoms with van der Waals surface area (Å²) in [6.07, 6.45) is 4.08. The molecule has 1 aromatic carbocycles.